The lowest BCUT2D eigenvalue weighted by atomic mass is 9.81. The molecule has 1 amide bonds. The second kappa shape index (κ2) is 9.01. The third kappa shape index (κ3) is 4.52. The van der Waals surface area contributed by atoms with Crippen LogP contribution < -0.4 is 15.8 Å². The minimum absolute atomic E-state index is 0.0438. The first-order valence-electron chi connectivity index (χ1n) is 9.78. The SMILES string of the molecule is CCOC(=O)CN1[C@@H]2CCC[C@H]1CC(NC(=O)c1cc(Cl)c(N)cc1OC)C2. The minimum Gasteiger partial charge on any atom is -0.496 e. The van der Waals surface area contributed by atoms with E-state index in [1.54, 1.807) is 12.1 Å². The van der Waals surface area contributed by atoms with Gasteiger partial charge >= 0.3 is 5.97 Å². The van der Waals surface area contributed by atoms with Gasteiger partial charge in [-0.15, -0.1) is 0 Å². The Labute approximate surface area is 170 Å². The molecule has 0 aliphatic carbocycles. The van der Waals surface area contributed by atoms with Gasteiger partial charge in [0.1, 0.15) is 5.75 Å². The van der Waals surface area contributed by atoms with E-state index in [1.807, 2.05) is 6.92 Å². The summed E-state index contributed by atoms with van der Waals surface area (Å²) in [6.07, 6.45) is 4.83. The number of anilines is 1. The van der Waals surface area contributed by atoms with Gasteiger partial charge in [0.2, 0.25) is 0 Å². The van der Waals surface area contributed by atoms with Crippen LogP contribution in [0.4, 0.5) is 5.69 Å². The molecule has 154 valence electrons. The molecule has 0 radical (unpaired) electrons. The monoisotopic (exact) mass is 409 g/mol. The maximum atomic E-state index is 12.8. The van der Waals surface area contributed by atoms with Crippen molar-refractivity contribution in [2.45, 2.75) is 57.2 Å². The second-order valence-corrected chi connectivity index (χ2v) is 7.84. The average Bonchev–Trinajstić information content (AvgIpc) is 2.64. The van der Waals surface area contributed by atoms with Gasteiger partial charge in [-0.05, 0) is 38.7 Å². The van der Waals surface area contributed by atoms with Crippen LogP contribution in [0.15, 0.2) is 12.1 Å². The third-order valence-electron chi connectivity index (χ3n) is 5.64. The van der Waals surface area contributed by atoms with Gasteiger partial charge in [0, 0.05) is 24.2 Å². The van der Waals surface area contributed by atoms with Crippen LogP contribution in [0.25, 0.3) is 0 Å². The lowest BCUT2D eigenvalue weighted by Crippen LogP contribution is -2.58. The molecule has 3 N–H and O–H groups in total. The molecular formula is C20H28ClN3O4. The van der Waals surface area contributed by atoms with Gasteiger partial charge in [-0.1, -0.05) is 18.0 Å². The van der Waals surface area contributed by atoms with Crippen LogP contribution in [-0.4, -0.2) is 55.2 Å². The Morgan fingerprint density at radius 1 is 1.29 bits per heavy atom. The summed E-state index contributed by atoms with van der Waals surface area (Å²) in [6.45, 7) is 2.54. The Morgan fingerprint density at radius 3 is 2.57 bits per heavy atom. The Morgan fingerprint density at radius 2 is 1.96 bits per heavy atom. The fourth-order valence-electron chi connectivity index (χ4n) is 4.39. The second-order valence-electron chi connectivity index (χ2n) is 7.43. The van der Waals surface area contributed by atoms with E-state index < -0.39 is 0 Å². The molecule has 8 heteroatoms. The average molecular weight is 410 g/mol. The first-order valence-corrected chi connectivity index (χ1v) is 10.2. The van der Waals surface area contributed by atoms with Crippen molar-refractivity contribution in [2.24, 2.45) is 0 Å². The van der Waals surface area contributed by atoms with Crippen molar-refractivity contribution >= 4 is 29.2 Å². The van der Waals surface area contributed by atoms with E-state index >= 15 is 0 Å². The molecule has 2 saturated heterocycles. The number of nitrogen functional groups attached to an aromatic ring is 1. The summed E-state index contributed by atoms with van der Waals surface area (Å²) in [5, 5.41) is 3.45. The van der Waals surface area contributed by atoms with Crippen LogP contribution in [0.2, 0.25) is 5.02 Å². The van der Waals surface area contributed by atoms with Gasteiger partial charge in [-0.3, -0.25) is 14.5 Å². The van der Waals surface area contributed by atoms with E-state index in [0.717, 1.165) is 32.1 Å². The molecule has 3 rings (SSSR count). The normalized spacial score (nSPS) is 24.5. The van der Waals surface area contributed by atoms with Crippen LogP contribution >= 0.6 is 11.6 Å². The molecule has 1 aromatic rings. The van der Waals surface area contributed by atoms with E-state index in [4.69, 9.17) is 26.8 Å². The number of hydrogen-bond acceptors (Lipinski definition) is 6. The molecule has 0 spiro atoms. The molecule has 0 aromatic heterocycles. The maximum Gasteiger partial charge on any atom is 0.320 e. The molecule has 2 heterocycles. The molecule has 7 nitrogen and oxygen atoms in total. The molecule has 1 aromatic carbocycles. The number of amides is 1. The zero-order chi connectivity index (χ0) is 20.3. The fourth-order valence-corrected chi connectivity index (χ4v) is 4.55. The first kappa shape index (κ1) is 20.7. The number of esters is 1. The number of nitrogens with one attached hydrogen (secondary N) is 1. The van der Waals surface area contributed by atoms with Crippen molar-refractivity contribution in [3.8, 4) is 5.75 Å². The van der Waals surface area contributed by atoms with Gasteiger partial charge < -0.3 is 20.5 Å². The molecule has 2 aliphatic rings. The summed E-state index contributed by atoms with van der Waals surface area (Å²) < 4.78 is 10.4. The van der Waals surface area contributed by atoms with Crippen LogP contribution in [-0.2, 0) is 9.53 Å². The molecule has 3 atom stereocenters. The number of carbonyl (C=O) groups excluding carboxylic acids is 2. The first-order chi connectivity index (χ1) is 13.4. The number of halogens is 1. The van der Waals surface area contributed by atoms with Crippen LogP contribution in [0.5, 0.6) is 5.75 Å². The van der Waals surface area contributed by atoms with Crippen molar-refractivity contribution in [3.63, 3.8) is 0 Å². The minimum atomic E-state index is -0.222. The lowest BCUT2D eigenvalue weighted by Gasteiger charge is -2.48. The predicted molar refractivity (Wildman–Crippen MR) is 108 cm³/mol. The van der Waals surface area contributed by atoms with E-state index in [9.17, 15) is 9.59 Å². The highest BCUT2D eigenvalue weighted by Crippen LogP contribution is 2.34. The molecule has 2 aliphatic heterocycles. The van der Waals surface area contributed by atoms with E-state index in [2.05, 4.69) is 10.2 Å². The van der Waals surface area contributed by atoms with Crippen LogP contribution in [0.1, 0.15) is 49.4 Å². The molecular weight excluding hydrogens is 382 g/mol. The fraction of sp³-hybridized carbons (Fsp3) is 0.600. The standard InChI is InChI=1S/C20H28ClN3O4/c1-3-28-19(25)11-24-13-5-4-6-14(24)8-12(7-13)23-20(26)15-9-16(21)17(22)10-18(15)27-2/h9-10,12-14H,3-8,11,22H2,1-2H3,(H,23,26)/t12?,13-,14+. The summed E-state index contributed by atoms with van der Waals surface area (Å²) >= 11 is 6.09. The number of rotatable bonds is 6. The van der Waals surface area contributed by atoms with E-state index in [-0.39, 0.29) is 30.0 Å². The highest BCUT2D eigenvalue weighted by molar-refractivity contribution is 6.33. The van der Waals surface area contributed by atoms with Crippen molar-refractivity contribution < 1.29 is 19.1 Å². The summed E-state index contributed by atoms with van der Waals surface area (Å²) in [5.41, 5.74) is 6.55. The van der Waals surface area contributed by atoms with E-state index in [0.29, 0.717) is 35.2 Å². The predicted octanol–water partition coefficient (Wildman–Crippen LogP) is 2.61. The number of hydrogen-bond donors (Lipinski definition) is 2. The van der Waals surface area contributed by atoms with Crippen LogP contribution in [0.3, 0.4) is 0 Å². The van der Waals surface area contributed by atoms with Gasteiger partial charge in [0.05, 0.1) is 36.5 Å². The van der Waals surface area contributed by atoms with Crippen molar-refractivity contribution in [3.05, 3.63) is 22.7 Å². The number of piperidine rings is 2. The number of fused-ring (bicyclic) bond motifs is 2. The summed E-state index contributed by atoms with van der Waals surface area (Å²) in [6, 6.07) is 3.70. The molecule has 1 unspecified atom stereocenters. The summed E-state index contributed by atoms with van der Waals surface area (Å²) in [7, 11) is 1.50. The van der Waals surface area contributed by atoms with Crippen LogP contribution in [0, 0.1) is 0 Å². The molecule has 0 saturated carbocycles. The zero-order valence-electron chi connectivity index (χ0n) is 16.4. The summed E-state index contributed by atoms with van der Waals surface area (Å²) in [4.78, 5) is 27.0. The van der Waals surface area contributed by atoms with Crippen molar-refractivity contribution in [1.29, 1.82) is 0 Å². The quantitative estimate of drug-likeness (QED) is 0.554. The smallest absolute Gasteiger partial charge is 0.320 e. The van der Waals surface area contributed by atoms with Gasteiger partial charge in [-0.2, -0.15) is 0 Å². The van der Waals surface area contributed by atoms with Gasteiger partial charge in [0.25, 0.3) is 5.91 Å². The van der Waals surface area contributed by atoms with Gasteiger partial charge in [-0.25, -0.2) is 0 Å². The number of nitrogens with zero attached hydrogens (tertiary/aromatic N) is 1. The Balaban J connectivity index is 1.68. The number of methoxy groups -OCH3 is 1. The summed E-state index contributed by atoms with van der Waals surface area (Å²) in [5.74, 6) is 0.00291. The Hall–Kier alpha value is -1.99. The number of carbonyl (C=O) groups is 2. The number of benzene rings is 1. The largest absolute Gasteiger partial charge is 0.496 e. The molecule has 2 bridgehead atoms. The van der Waals surface area contributed by atoms with E-state index in [1.165, 1.54) is 7.11 Å². The van der Waals surface area contributed by atoms with Gasteiger partial charge in [0.15, 0.2) is 0 Å². The number of nitrogens with two attached hydrogens (primary N) is 1. The highest BCUT2D eigenvalue weighted by Gasteiger charge is 2.39. The molecule has 2 fully saturated rings. The lowest BCUT2D eigenvalue weighted by molar-refractivity contribution is -0.147. The van der Waals surface area contributed by atoms with Crippen molar-refractivity contribution in [1.82, 2.24) is 10.2 Å². The van der Waals surface area contributed by atoms with Crippen molar-refractivity contribution in [2.75, 3.05) is 26.0 Å². The third-order valence-corrected chi connectivity index (χ3v) is 5.97. The zero-order valence-corrected chi connectivity index (χ0v) is 17.1. The Bertz CT molecular complexity index is 728. The highest BCUT2D eigenvalue weighted by atomic mass is 35.5. The topological polar surface area (TPSA) is 93.9 Å². The number of ether oxygens (including phenoxy) is 2. The molecule has 28 heavy (non-hydrogen) atoms. The Kier molecular flexibility index (Phi) is 6.67. The maximum absolute atomic E-state index is 12.8.